The first-order valence-electron chi connectivity index (χ1n) is 9.01. The van der Waals surface area contributed by atoms with Gasteiger partial charge in [0.25, 0.3) is 5.91 Å². The Morgan fingerprint density at radius 3 is 2.93 bits per heavy atom. The van der Waals surface area contributed by atoms with Crippen molar-refractivity contribution < 1.29 is 14.0 Å². The fraction of sp³-hybridized carbons (Fsp3) is 0.368. The molecule has 0 aromatic carbocycles. The van der Waals surface area contributed by atoms with Crippen LogP contribution in [0.3, 0.4) is 0 Å². The highest BCUT2D eigenvalue weighted by atomic mass is 32.2. The lowest BCUT2D eigenvalue weighted by Crippen LogP contribution is -2.51. The minimum Gasteiger partial charge on any atom is -0.465 e. The van der Waals surface area contributed by atoms with Gasteiger partial charge in [0, 0.05) is 31.6 Å². The highest BCUT2D eigenvalue weighted by molar-refractivity contribution is 8.26. The summed E-state index contributed by atoms with van der Waals surface area (Å²) in [5, 5.41) is 2.93. The second-order valence-electron chi connectivity index (χ2n) is 6.70. The summed E-state index contributed by atoms with van der Waals surface area (Å²) in [4.78, 5) is 31.6. The van der Waals surface area contributed by atoms with E-state index in [0.29, 0.717) is 21.5 Å². The third-order valence-electron chi connectivity index (χ3n) is 4.27. The van der Waals surface area contributed by atoms with Gasteiger partial charge in [-0.05, 0) is 24.5 Å². The van der Waals surface area contributed by atoms with Gasteiger partial charge in [-0.15, -0.1) is 0 Å². The van der Waals surface area contributed by atoms with Gasteiger partial charge >= 0.3 is 0 Å². The SMILES string of the molecule is CC(C)[C@@H](C(=O)NCCCn1ccnc1)N1C(=O)/C(=C/c2ccco2)SC1=S. The highest BCUT2D eigenvalue weighted by Crippen LogP contribution is 2.35. The molecule has 0 saturated carbocycles. The molecule has 3 rings (SSSR count). The summed E-state index contributed by atoms with van der Waals surface area (Å²) in [5.74, 6) is 0.0273. The van der Waals surface area contributed by atoms with Crippen LogP contribution < -0.4 is 5.32 Å². The molecule has 3 heterocycles. The molecule has 1 fully saturated rings. The molecule has 1 saturated heterocycles. The van der Waals surface area contributed by atoms with Crippen LogP contribution in [0.15, 0.2) is 46.4 Å². The Labute approximate surface area is 173 Å². The summed E-state index contributed by atoms with van der Waals surface area (Å²) in [5.41, 5.74) is 0. The molecule has 0 radical (unpaired) electrons. The molecule has 1 N–H and O–H groups in total. The number of carbonyl (C=O) groups is 2. The average molecular weight is 419 g/mol. The summed E-state index contributed by atoms with van der Waals surface area (Å²) in [6, 6.07) is 2.86. The molecule has 28 heavy (non-hydrogen) atoms. The van der Waals surface area contributed by atoms with E-state index in [-0.39, 0.29) is 17.7 Å². The number of hydrogen-bond donors (Lipinski definition) is 1. The molecule has 2 aromatic rings. The Morgan fingerprint density at radius 1 is 1.46 bits per heavy atom. The van der Waals surface area contributed by atoms with Gasteiger partial charge in [-0.2, -0.15) is 0 Å². The summed E-state index contributed by atoms with van der Waals surface area (Å²) in [6.45, 7) is 5.09. The van der Waals surface area contributed by atoms with Crippen LogP contribution in [0, 0.1) is 5.92 Å². The number of thiocarbonyl (C=S) groups is 1. The van der Waals surface area contributed by atoms with Crippen molar-refractivity contribution in [2.75, 3.05) is 6.54 Å². The zero-order chi connectivity index (χ0) is 20.1. The number of aryl methyl sites for hydroxylation is 1. The van der Waals surface area contributed by atoms with Crippen molar-refractivity contribution in [1.29, 1.82) is 0 Å². The van der Waals surface area contributed by atoms with E-state index in [1.807, 2.05) is 24.6 Å². The van der Waals surface area contributed by atoms with Gasteiger partial charge in [-0.3, -0.25) is 14.5 Å². The van der Waals surface area contributed by atoms with E-state index in [4.69, 9.17) is 16.6 Å². The maximum atomic E-state index is 12.9. The van der Waals surface area contributed by atoms with Gasteiger partial charge in [-0.1, -0.05) is 37.8 Å². The molecule has 1 atom stereocenters. The summed E-state index contributed by atoms with van der Waals surface area (Å²) in [7, 11) is 0. The molecule has 0 spiro atoms. The molecule has 2 amide bonds. The van der Waals surface area contributed by atoms with Gasteiger partial charge < -0.3 is 14.3 Å². The third-order valence-corrected chi connectivity index (χ3v) is 5.60. The third kappa shape index (κ3) is 4.71. The molecule has 2 aromatic heterocycles. The van der Waals surface area contributed by atoms with Crippen LogP contribution in [0.25, 0.3) is 6.08 Å². The van der Waals surface area contributed by atoms with Gasteiger partial charge in [0.15, 0.2) is 0 Å². The van der Waals surface area contributed by atoms with E-state index in [1.165, 1.54) is 16.7 Å². The Kier molecular flexibility index (Phi) is 6.69. The van der Waals surface area contributed by atoms with E-state index in [2.05, 4.69) is 10.3 Å². The highest BCUT2D eigenvalue weighted by Gasteiger charge is 2.41. The Balaban J connectivity index is 1.64. The van der Waals surface area contributed by atoms with Crippen LogP contribution in [0.1, 0.15) is 26.0 Å². The molecule has 148 valence electrons. The lowest BCUT2D eigenvalue weighted by molar-refractivity contribution is -0.134. The lowest BCUT2D eigenvalue weighted by atomic mass is 10.0. The standard InChI is InChI=1S/C19H22N4O3S2/c1-13(2)16(17(24)21-6-4-8-22-9-7-20-12-22)23-18(25)15(28-19(23)27)11-14-5-3-10-26-14/h3,5,7,9-13,16H,4,6,8H2,1-2H3,(H,21,24)/b15-11-/t16-/m0/s1. The second-order valence-corrected chi connectivity index (χ2v) is 8.38. The smallest absolute Gasteiger partial charge is 0.267 e. The molecule has 7 nitrogen and oxygen atoms in total. The van der Waals surface area contributed by atoms with Crippen molar-refractivity contribution in [3.8, 4) is 0 Å². The Bertz CT molecular complexity index is 860. The number of rotatable bonds is 8. The van der Waals surface area contributed by atoms with Crippen molar-refractivity contribution in [3.05, 3.63) is 47.8 Å². The van der Waals surface area contributed by atoms with E-state index in [9.17, 15) is 9.59 Å². The maximum Gasteiger partial charge on any atom is 0.267 e. The van der Waals surface area contributed by atoms with Gasteiger partial charge in [0.1, 0.15) is 16.1 Å². The van der Waals surface area contributed by atoms with Crippen molar-refractivity contribution in [1.82, 2.24) is 19.8 Å². The van der Waals surface area contributed by atoms with Crippen molar-refractivity contribution in [3.63, 3.8) is 0 Å². The van der Waals surface area contributed by atoms with Gasteiger partial charge in [-0.25, -0.2) is 4.98 Å². The topological polar surface area (TPSA) is 80.4 Å². The fourth-order valence-electron chi connectivity index (χ4n) is 2.94. The quantitative estimate of drug-likeness (QED) is 0.403. The lowest BCUT2D eigenvalue weighted by Gasteiger charge is -2.29. The van der Waals surface area contributed by atoms with Crippen LogP contribution >= 0.6 is 24.0 Å². The predicted molar refractivity (Wildman–Crippen MR) is 112 cm³/mol. The minimum absolute atomic E-state index is 0.0842. The zero-order valence-electron chi connectivity index (χ0n) is 15.7. The number of aromatic nitrogens is 2. The number of nitrogens with zero attached hydrogens (tertiary/aromatic N) is 3. The maximum absolute atomic E-state index is 12.9. The molecule has 1 aliphatic rings. The van der Waals surface area contributed by atoms with Crippen LogP contribution in [0.4, 0.5) is 0 Å². The predicted octanol–water partition coefficient (Wildman–Crippen LogP) is 2.91. The van der Waals surface area contributed by atoms with Crippen molar-refractivity contribution >= 4 is 46.2 Å². The monoisotopic (exact) mass is 418 g/mol. The van der Waals surface area contributed by atoms with Crippen LogP contribution in [0.5, 0.6) is 0 Å². The molecule has 0 unspecified atom stereocenters. The van der Waals surface area contributed by atoms with Crippen molar-refractivity contribution in [2.24, 2.45) is 5.92 Å². The first-order chi connectivity index (χ1) is 13.5. The molecule has 0 bridgehead atoms. The number of furan rings is 1. The fourth-order valence-corrected chi connectivity index (χ4v) is 4.25. The van der Waals surface area contributed by atoms with Gasteiger partial charge in [0.05, 0.1) is 17.5 Å². The van der Waals surface area contributed by atoms with Crippen LogP contribution in [-0.2, 0) is 16.1 Å². The normalized spacial score (nSPS) is 17.0. The number of imidazole rings is 1. The Hall–Kier alpha value is -2.39. The Morgan fingerprint density at radius 2 is 2.29 bits per heavy atom. The van der Waals surface area contributed by atoms with Crippen LogP contribution in [-0.4, -0.2) is 43.2 Å². The minimum atomic E-state index is -0.650. The molecular weight excluding hydrogens is 396 g/mol. The summed E-state index contributed by atoms with van der Waals surface area (Å²) < 4.78 is 7.61. The number of thioether (sulfide) groups is 1. The number of hydrogen-bond acceptors (Lipinski definition) is 6. The van der Waals surface area contributed by atoms with E-state index >= 15 is 0 Å². The first kappa shape index (κ1) is 20.3. The number of amides is 2. The molecule has 0 aliphatic carbocycles. The molecule has 9 heteroatoms. The summed E-state index contributed by atoms with van der Waals surface area (Å²) in [6.07, 6.45) is 9.30. The largest absolute Gasteiger partial charge is 0.465 e. The zero-order valence-corrected chi connectivity index (χ0v) is 17.3. The molecule has 1 aliphatic heterocycles. The number of nitrogens with one attached hydrogen (secondary N) is 1. The van der Waals surface area contributed by atoms with E-state index in [1.54, 1.807) is 37.0 Å². The second kappa shape index (κ2) is 9.20. The van der Waals surface area contributed by atoms with Gasteiger partial charge in [0.2, 0.25) is 5.91 Å². The first-order valence-corrected chi connectivity index (χ1v) is 10.2. The average Bonchev–Trinajstić information content (AvgIpc) is 3.39. The van der Waals surface area contributed by atoms with Crippen LogP contribution in [0.2, 0.25) is 0 Å². The summed E-state index contributed by atoms with van der Waals surface area (Å²) >= 11 is 6.59. The van der Waals surface area contributed by atoms with Crippen molar-refractivity contribution in [2.45, 2.75) is 32.9 Å². The van der Waals surface area contributed by atoms with E-state index in [0.717, 1.165) is 13.0 Å². The molecular formula is C19H22N4O3S2. The van der Waals surface area contributed by atoms with E-state index < -0.39 is 6.04 Å². The number of carbonyl (C=O) groups excluding carboxylic acids is 2.